The second kappa shape index (κ2) is 4.40. The van der Waals surface area contributed by atoms with E-state index in [0.717, 1.165) is 6.42 Å². The molecule has 3 nitrogen and oxygen atoms in total. The van der Waals surface area contributed by atoms with Gasteiger partial charge in [0.2, 0.25) is 0 Å². The van der Waals surface area contributed by atoms with Crippen molar-refractivity contribution in [3.63, 3.8) is 0 Å². The van der Waals surface area contributed by atoms with Gasteiger partial charge in [0.15, 0.2) is 0 Å². The van der Waals surface area contributed by atoms with Crippen LogP contribution in [0.15, 0.2) is 0 Å². The van der Waals surface area contributed by atoms with Crippen LogP contribution < -0.4 is 5.32 Å². The van der Waals surface area contributed by atoms with Gasteiger partial charge in [-0.15, -0.1) is 0 Å². The van der Waals surface area contributed by atoms with Gasteiger partial charge in [0.25, 0.3) is 0 Å². The van der Waals surface area contributed by atoms with Gasteiger partial charge in [0.1, 0.15) is 0 Å². The predicted octanol–water partition coefficient (Wildman–Crippen LogP) is 0.508. The highest BCUT2D eigenvalue weighted by Crippen LogP contribution is 2.37. The van der Waals surface area contributed by atoms with Crippen LogP contribution in [0.25, 0.3) is 0 Å². The van der Waals surface area contributed by atoms with Gasteiger partial charge in [-0.25, -0.2) is 0 Å². The minimum Gasteiger partial charge on any atom is -0.392 e. The molecule has 78 valence electrons. The summed E-state index contributed by atoms with van der Waals surface area (Å²) in [6, 6.07) is 0. The van der Waals surface area contributed by atoms with Crippen molar-refractivity contribution in [3.05, 3.63) is 0 Å². The van der Waals surface area contributed by atoms with Crippen molar-refractivity contribution in [3.8, 4) is 0 Å². The molecular formula is C10H21NO2. The summed E-state index contributed by atoms with van der Waals surface area (Å²) in [5.74, 6) is 0.705. The van der Waals surface area contributed by atoms with Crippen molar-refractivity contribution in [1.29, 1.82) is 0 Å². The highest BCUT2D eigenvalue weighted by Gasteiger charge is 2.32. The maximum absolute atomic E-state index is 9.93. The molecule has 0 bridgehead atoms. The maximum atomic E-state index is 9.93. The number of aliphatic hydroxyl groups is 2. The molecule has 0 aliphatic heterocycles. The lowest BCUT2D eigenvalue weighted by atomic mass is 9.92. The smallest absolute Gasteiger partial charge is 0.0691 e. The molecule has 1 fully saturated rings. The predicted molar refractivity (Wildman–Crippen MR) is 52.5 cm³/mol. The number of nitrogens with one attached hydrogen (secondary N) is 1. The van der Waals surface area contributed by atoms with Crippen LogP contribution in [-0.4, -0.2) is 35.5 Å². The normalized spacial score (nSPS) is 24.0. The van der Waals surface area contributed by atoms with Gasteiger partial charge in [0, 0.05) is 13.0 Å². The van der Waals surface area contributed by atoms with E-state index in [1.54, 1.807) is 7.05 Å². The molecule has 1 aliphatic rings. The van der Waals surface area contributed by atoms with Gasteiger partial charge in [-0.2, -0.15) is 0 Å². The Kier molecular flexibility index (Phi) is 3.71. The van der Waals surface area contributed by atoms with Crippen LogP contribution in [0, 0.1) is 5.92 Å². The molecule has 1 aliphatic carbocycles. The third kappa shape index (κ3) is 4.60. The number of hydrogen-bond acceptors (Lipinski definition) is 3. The molecule has 0 spiro atoms. The van der Waals surface area contributed by atoms with E-state index in [1.807, 2.05) is 6.92 Å². The monoisotopic (exact) mass is 187 g/mol. The zero-order valence-corrected chi connectivity index (χ0v) is 8.58. The first-order chi connectivity index (χ1) is 6.03. The molecule has 1 saturated carbocycles. The maximum Gasteiger partial charge on any atom is 0.0691 e. The summed E-state index contributed by atoms with van der Waals surface area (Å²) in [6.45, 7) is 2.38. The van der Waals surface area contributed by atoms with Crippen molar-refractivity contribution in [1.82, 2.24) is 5.32 Å². The second-order valence-electron chi connectivity index (χ2n) is 4.56. The molecule has 0 amide bonds. The lowest BCUT2D eigenvalue weighted by Crippen LogP contribution is -2.35. The molecule has 1 rings (SSSR count). The highest BCUT2D eigenvalue weighted by atomic mass is 16.3. The minimum atomic E-state index is -0.683. The molecule has 0 saturated heterocycles. The van der Waals surface area contributed by atoms with E-state index < -0.39 is 11.7 Å². The van der Waals surface area contributed by atoms with Crippen molar-refractivity contribution >= 4 is 0 Å². The van der Waals surface area contributed by atoms with E-state index in [4.69, 9.17) is 0 Å². The van der Waals surface area contributed by atoms with Crippen molar-refractivity contribution in [2.75, 3.05) is 13.6 Å². The average molecular weight is 187 g/mol. The van der Waals surface area contributed by atoms with E-state index >= 15 is 0 Å². The Morgan fingerprint density at radius 1 is 1.54 bits per heavy atom. The number of rotatable bonds is 6. The number of hydrogen-bond donors (Lipinski definition) is 3. The summed E-state index contributed by atoms with van der Waals surface area (Å²) in [5, 5.41) is 22.3. The molecule has 0 heterocycles. The quantitative estimate of drug-likeness (QED) is 0.568. The van der Waals surface area contributed by atoms with Gasteiger partial charge in [-0.05, 0) is 26.3 Å². The summed E-state index contributed by atoms with van der Waals surface area (Å²) in [6.07, 6.45) is 3.38. The van der Waals surface area contributed by atoms with Crippen LogP contribution in [0.1, 0.15) is 32.6 Å². The van der Waals surface area contributed by atoms with Crippen LogP contribution in [0.2, 0.25) is 0 Å². The van der Waals surface area contributed by atoms with Crippen LogP contribution in [0.5, 0.6) is 0 Å². The Morgan fingerprint density at radius 2 is 2.15 bits per heavy atom. The van der Waals surface area contributed by atoms with Gasteiger partial charge in [-0.1, -0.05) is 12.8 Å². The molecule has 3 heteroatoms. The Bertz CT molecular complexity index is 155. The molecular weight excluding hydrogens is 166 g/mol. The van der Waals surface area contributed by atoms with Crippen molar-refractivity contribution < 1.29 is 10.2 Å². The first-order valence-corrected chi connectivity index (χ1v) is 5.08. The zero-order chi connectivity index (χ0) is 9.90. The third-order valence-corrected chi connectivity index (χ3v) is 2.54. The van der Waals surface area contributed by atoms with E-state index in [1.165, 1.54) is 12.8 Å². The Labute approximate surface area is 80.2 Å². The van der Waals surface area contributed by atoms with Gasteiger partial charge < -0.3 is 15.5 Å². The van der Waals surface area contributed by atoms with Crippen LogP contribution in [0.3, 0.4) is 0 Å². The lowest BCUT2D eigenvalue weighted by Gasteiger charge is -2.25. The summed E-state index contributed by atoms with van der Waals surface area (Å²) >= 11 is 0. The number of likely N-dealkylation sites (N-methyl/N-ethyl adjacent to an activating group) is 1. The van der Waals surface area contributed by atoms with E-state index in [2.05, 4.69) is 5.32 Å². The summed E-state index contributed by atoms with van der Waals surface area (Å²) in [5.41, 5.74) is -0.683. The summed E-state index contributed by atoms with van der Waals surface area (Å²) in [7, 11) is 1.80. The first kappa shape index (κ1) is 11.0. The Hall–Kier alpha value is -0.120. The topological polar surface area (TPSA) is 52.5 Å². The lowest BCUT2D eigenvalue weighted by molar-refractivity contribution is -0.00556. The third-order valence-electron chi connectivity index (χ3n) is 2.54. The first-order valence-electron chi connectivity index (χ1n) is 5.08. The Balaban J connectivity index is 2.22. The molecule has 13 heavy (non-hydrogen) atoms. The highest BCUT2D eigenvalue weighted by molar-refractivity contribution is 4.85. The average Bonchev–Trinajstić information content (AvgIpc) is 2.69. The molecule has 0 unspecified atom stereocenters. The Morgan fingerprint density at radius 3 is 2.62 bits per heavy atom. The fraction of sp³-hybridized carbons (Fsp3) is 1.00. The van der Waals surface area contributed by atoms with E-state index in [-0.39, 0.29) is 0 Å². The second-order valence-corrected chi connectivity index (χ2v) is 4.56. The molecule has 0 aromatic rings. The van der Waals surface area contributed by atoms with E-state index in [9.17, 15) is 10.2 Å². The van der Waals surface area contributed by atoms with Gasteiger partial charge in [0.05, 0.1) is 11.7 Å². The molecule has 2 atom stereocenters. The largest absolute Gasteiger partial charge is 0.392 e. The van der Waals surface area contributed by atoms with Gasteiger partial charge in [-0.3, -0.25) is 0 Å². The van der Waals surface area contributed by atoms with Crippen LogP contribution in [0.4, 0.5) is 0 Å². The summed E-state index contributed by atoms with van der Waals surface area (Å²) < 4.78 is 0. The van der Waals surface area contributed by atoms with Crippen molar-refractivity contribution in [2.24, 2.45) is 5.92 Å². The molecule has 3 N–H and O–H groups in total. The standard InChI is InChI=1S/C10H21NO2/c1-10(13,5-8-3-4-8)6-9(12)7-11-2/h8-9,11-13H,3-7H2,1-2H3/t9-,10-/m1/s1. The fourth-order valence-electron chi connectivity index (χ4n) is 1.84. The van der Waals surface area contributed by atoms with Crippen LogP contribution >= 0.6 is 0 Å². The van der Waals surface area contributed by atoms with Crippen LogP contribution in [-0.2, 0) is 0 Å². The minimum absolute atomic E-state index is 0.432. The SMILES string of the molecule is CNC[C@H](O)C[C@](C)(O)CC1CC1. The molecule has 0 aromatic heterocycles. The zero-order valence-electron chi connectivity index (χ0n) is 8.58. The van der Waals surface area contributed by atoms with Gasteiger partial charge >= 0.3 is 0 Å². The molecule has 0 aromatic carbocycles. The summed E-state index contributed by atoms with van der Waals surface area (Å²) in [4.78, 5) is 0. The van der Waals surface area contributed by atoms with E-state index in [0.29, 0.717) is 18.9 Å². The fourth-order valence-corrected chi connectivity index (χ4v) is 1.84. The number of aliphatic hydroxyl groups excluding tert-OH is 1. The molecule has 0 radical (unpaired) electrons. The van der Waals surface area contributed by atoms with Crippen molar-refractivity contribution in [2.45, 2.75) is 44.3 Å².